The third kappa shape index (κ3) is 0.772. The summed E-state index contributed by atoms with van der Waals surface area (Å²) in [5, 5.41) is 0. The molecule has 0 spiro atoms. The lowest BCUT2D eigenvalue weighted by molar-refractivity contribution is 0.546. The maximum absolute atomic E-state index is 3.98. The molecule has 0 saturated carbocycles. The zero-order chi connectivity index (χ0) is 7.89. The van der Waals surface area contributed by atoms with Crippen LogP contribution < -0.4 is 0 Å². The molecule has 1 heterocycles. The molecule has 0 radical (unpaired) electrons. The minimum atomic E-state index is 0.567. The van der Waals surface area contributed by atoms with E-state index in [-0.39, 0.29) is 0 Å². The lowest BCUT2D eigenvalue weighted by atomic mass is 9.97. The summed E-state index contributed by atoms with van der Waals surface area (Å²) in [5.41, 5.74) is 2.38. The molecule has 0 aliphatic carbocycles. The van der Waals surface area contributed by atoms with E-state index in [1.165, 1.54) is 11.4 Å². The topological polar surface area (TPSA) is 3.24 Å². The molecule has 0 aromatic rings. The van der Waals surface area contributed by atoms with Gasteiger partial charge in [-0.2, -0.15) is 0 Å². The quantitative estimate of drug-likeness (QED) is 0.495. The molecule has 1 aliphatic heterocycles. The molecule has 10 heavy (non-hydrogen) atoms. The van der Waals surface area contributed by atoms with Crippen molar-refractivity contribution in [3.05, 3.63) is 24.6 Å². The monoisotopic (exact) mass is 137 g/mol. The molecule has 0 N–H and O–H groups in total. The molecule has 1 nitrogen and oxygen atoms in total. The first-order valence-electron chi connectivity index (χ1n) is 3.67. The Labute approximate surface area is 63.0 Å². The molecule has 0 bridgehead atoms. The van der Waals surface area contributed by atoms with Crippen LogP contribution in [0.15, 0.2) is 24.6 Å². The van der Waals surface area contributed by atoms with E-state index < -0.39 is 0 Å². The van der Waals surface area contributed by atoms with Crippen molar-refractivity contribution in [2.24, 2.45) is 11.8 Å². The van der Waals surface area contributed by atoms with Crippen molar-refractivity contribution in [1.82, 2.24) is 4.90 Å². The van der Waals surface area contributed by atoms with Crippen LogP contribution in [-0.2, 0) is 0 Å². The fraction of sp³-hybridized carbons (Fsp3) is 0.556. The minimum absolute atomic E-state index is 0.567. The van der Waals surface area contributed by atoms with Crippen LogP contribution in [0.4, 0.5) is 0 Å². The molecule has 1 aliphatic rings. The molecular formula is C9H15N. The molecule has 56 valence electrons. The van der Waals surface area contributed by atoms with E-state index in [1.807, 2.05) is 7.05 Å². The normalized spacial score (nSPS) is 33.7. The average Bonchev–Trinajstić information content (AvgIpc) is 2.07. The summed E-state index contributed by atoms with van der Waals surface area (Å²) in [7, 11) is 2.03. The summed E-state index contributed by atoms with van der Waals surface area (Å²) in [5.74, 6) is 1.13. The minimum Gasteiger partial charge on any atom is -0.352 e. The second-order valence-corrected chi connectivity index (χ2v) is 3.12. The van der Waals surface area contributed by atoms with Crippen molar-refractivity contribution in [2.45, 2.75) is 13.8 Å². The van der Waals surface area contributed by atoms with E-state index in [0.717, 1.165) is 0 Å². The van der Waals surface area contributed by atoms with Gasteiger partial charge in [0.2, 0.25) is 0 Å². The van der Waals surface area contributed by atoms with E-state index >= 15 is 0 Å². The van der Waals surface area contributed by atoms with Crippen LogP contribution in [0.5, 0.6) is 0 Å². The Bertz CT molecular complexity index is 161. The van der Waals surface area contributed by atoms with Crippen molar-refractivity contribution in [1.29, 1.82) is 0 Å². The summed E-state index contributed by atoms with van der Waals surface area (Å²) >= 11 is 0. The van der Waals surface area contributed by atoms with E-state index in [1.54, 1.807) is 0 Å². The van der Waals surface area contributed by atoms with Crippen molar-refractivity contribution in [3.63, 3.8) is 0 Å². The Morgan fingerprint density at radius 3 is 1.50 bits per heavy atom. The summed E-state index contributed by atoms with van der Waals surface area (Å²) in [6.07, 6.45) is 0. The predicted octanol–water partition coefficient (Wildman–Crippen LogP) is 2.23. The van der Waals surface area contributed by atoms with Gasteiger partial charge in [0.25, 0.3) is 0 Å². The SMILES string of the molecule is C=C1C(C)C(C)C(=C)N1C. The van der Waals surface area contributed by atoms with Crippen LogP contribution in [0, 0.1) is 11.8 Å². The van der Waals surface area contributed by atoms with Crippen LogP contribution in [0.1, 0.15) is 13.8 Å². The van der Waals surface area contributed by atoms with Gasteiger partial charge in [0, 0.05) is 30.3 Å². The lowest BCUT2D eigenvalue weighted by Crippen LogP contribution is -2.08. The zero-order valence-electron chi connectivity index (χ0n) is 7.02. The molecule has 1 saturated heterocycles. The Balaban J connectivity index is 2.89. The molecule has 2 unspecified atom stereocenters. The third-order valence-electron chi connectivity index (χ3n) is 2.66. The molecule has 1 rings (SSSR count). The van der Waals surface area contributed by atoms with Crippen LogP contribution in [0.25, 0.3) is 0 Å². The van der Waals surface area contributed by atoms with Crippen LogP contribution in [-0.4, -0.2) is 11.9 Å². The van der Waals surface area contributed by atoms with Gasteiger partial charge in [-0.25, -0.2) is 0 Å². The second-order valence-electron chi connectivity index (χ2n) is 3.12. The van der Waals surface area contributed by atoms with Crippen molar-refractivity contribution in [3.8, 4) is 0 Å². The van der Waals surface area contributed by atoms with Crippen molar-refractivity contribution in [2.75, 3.05) is 7.05 Å². The van der Waals surface area contributed by atoms with Gasteiger partial charge in [-0.15, -0.1) is 0 Å². The highest BCUT2D eigenvalue weighted by molar-refractivity contribution is 5.21. The highest BCUT2D eigenvalue weighted by atomic mass is 15.2. The summed E-state index contributed by atoms with van der Waals surface area (Å²) in [4.78, 5) is 2.09. The molecule has 1 fully saturated rings. The lowest BCUT2D eigenvalue weighted by Gasteiger charge is -2.13. The maximum Gasteiger partial charge on any atom is 0.0136 e. The van der Waals surface area contributed by atoms with E-state index in [4.69, 9.17) is 0 Å². The fourth-order valence-electron chi connectivity index (χ4n) is 1.37. The smallest absolute Gasteiger partial charge is 0.0136 e. The first-order chi connectivity index (χ1) is 4.55. The van der Waals surface area contributed by atoms with Gasteiger partial charge in [0.05, 0.1) is 0 Å². The Morgan fingerprint density at radius 2 is 1.40 bits per heavy atom. The number of hydrogen-bond acceptors (Lipinski definition) is 1. The molecule has 1 heteroatoms. The maximum atomic E-state index is 3.98. The number of allylic oxidation sites excluding steroid dienone is 2. The van der Waals surface area contributed by atoms with Gasteiger partial charge < -0.3 is 4.90 Å². The average molecular weight is 137 g/mol. The number of hydrogen-bond donors (Lipinski definition) is 0. The van der Waals surface area contributed by atoms with E-state index in [0.29, 0.717) is 11.8 Å². The van der Waals surface area contributed by atoms with Gasteiger partial charge >= 0.3 is 0 Å². The summed E-state index contributed by atoms with van der Waals surface area (Å²) in [6, 6.07) is 0. The summed E-state index contributed by atoms with van der Waals surface area (Å²) < 4.78 is 0. The van der Waals surface area contributed by atoms with E-state index in [2.05, 4.69) is 31.9 Å². The Morgan fingerprint density at radius 1 is 1.10 bits per heavy atom. The third-order valence-corrected chi connectivity index (χ3v) is 2.66. The Kier molecular flexibility index (Phi) is 1.59. The van der Waals surface area contributed by atoms with Gasteiger partial charge in [0.15, 0.2) is 0 Å². The van der Waals surface area contributed by atoms with Gasteiger partial charge in [-0.05, 0) is 0 Å². The number of rotatable bonds is 0. The fourth-order valence-corrected chi connectivity index (χ4v) is 1.37. The Hall–Kier alpha value is -0.720. The predicted molar refractivity (Wildman–Crippen MR) is 44.4 cm³/mol. The van der Waals surface area contributed by atoms with Crippen molar-refractivity contribution < 1.29 is 0 Å². The van der Waals surface area contributed by atoms with E-state index in [9.17, 15) is 0 Å². The molecule has 2 atom stereocenters. The van der Waals surface area contributed by atoms with Crippen molar-refractivity contribution >= 4 is 0 Å². The summed E-state index contributed by atoms with van der Waals surface area (Å²) in [6.45, 7) is 12.4. The number of nitrogens with zero attached hydrogens (tertiary/aromatic N) is 1. The van der Waals surface area contributed by atoms with Gasteiger partial charge in [-0.1, -0.05) is 27.0 Å². The van der Waals surface area contributed by atoms with Crippen LogP contribution in [0.3, 0.4) is 0 Å². The standard InChI is InChI=1S/C9H15N/c1-6-7(2)9(4)10(5)8(6)3/h6-7H,3-4H2,1-2,5H3. The molecule has 0 amide bonds. The molecule has 0 aromatic heterocycles. The highest BCUT2D eigenvalue weighted by Gasteiger charge is 2.30. The molecular weight excluding hydrogens is 122 g/mol. The number of likely N-dealkylation sites (tertiary alicyclic amines) is 1. The first-order valence-corrected chi connectivity index (χ1v) is 3.67. The van der Waals surface area contributed by atoms with Gasteiger partial charge in [-0.3, -0.25) is 0 Å². The largest absolute Gasteiger partial charge is 0.352 e. The molecule has 0 aromatic carbocycles. The highest BCUT2D eigenvalue weighted by Crippen LogP contribution is 2.36. The zero-order valence-corrected chi connectivity index (χ0v) is 7.02. The second kappa shape index (κ2) is 2.15. The van der Waals surface area contributed by atoms with Crippen LogP contribution >= 0.6 is 0 Å². The first kappa shape index (κ1) is 7.39. The van der Waals surface area contributed by atoms with Gasteiger partial charge in [0.1, 0.15) is 0 Å². The van der Waals surface area contributed by atoms with Crippen LogP contribution in [0.2, 0.25) is 0 Å².